The van der Waals surface area contributed by atoms with Gasteiger partial charge in [-0.3, -0.25) is 14.5 Å². The highest BCUT2D eigenvalue weighted by atomic mass is 16.5. The van der Waals surface area contributed by atoms with Crippen molar-refractivity contribution >= 4 is 17.6 Å². The van der Waals surface area contributed by atoms with Crippen LogP contribution in [0.2, 0.25) is 0 Å². The van der Waals surface area contributed by atoms with Crippen molar-refractivity contribution in [1.29, 1.82) is 0 Å². The van der Waals surface area contributed by atoms with Gasteiger partial charge in [-0.1, -0.05) is 12.1 Å². The van der Waals surface area contributed by atoms with Crippen molar-refractivity contribution in [1.82, 2.24) is 24.9 Å². The van der Waals surface area contributed by atoms with E-state index in [1.54, 1.807) is 22.8 Å². The standard InChI is InChI=1S/C21H31N7O2/c1-22-21(23-13-17-6-5-7-19(12-17)30-11-10-25(2)3)27-8-9-28(20(29)16-27)18-14-24-26(4)15-18/h5-7,12,14-15H,8-11,13,16H2,1-4H3,(H,22,23). The van der Waals surface area contributed by atoms with Crippen LogP contribution in [0, 0.1) is 0 Å². The number of aliphatic imine (C=N–C) groups is 1. The number of hydrogen-bond donors (Lipinski definition) is 1. The molecule has 9 heteroatoms. The fraction of sp³-hybridized carbons (Fsp3) is 0.476. The number of guanidine groups is 1. The lowest BCUT2D eigenvalue weighted by atomic mass is 10.2. The summed E-state index contributed by atoms with van der Waals surface area (Å²) in [5, 5.41) is 7.52. The minimum absolute atomic E-state index is 0.0356. The van der Waals surface area contributed by atoms with Crippen LogP contribution in [0.4, 0.5) is 5.69 Å². The molecule has 1 aliphatic rings. The average Bonchev–Trinajstić information content (AvgIpc) is 3.14. The fourth-order valence-corrected chi connectivity index (χ4v) is 3.28. The zero-order chi connectivity index (χ0) is 21.5. The zero-order valence-corrected chi connectivity index (χ0v) is 18.2. The fourth-order valence-electron chi connectivity index (χ4n) is 3.28. The maximum absolute atomic E-state index is 12.6. The first kappa shape index (κ1) is 21.6. The lowest BCUT2D eigenvalue weighted by molar-refractivity contribution is -0.120. The van der Waals surface area contributed by atoms with Gasteiger partial charge in [0.25, 0.3) is 0 Å². The van der Waals surface area contributed by atoms with Gasteiger partial charge in [0.15, 0.2) is 5.96 Å². The van der Waals surface area contributed by atoms with Crippen LogP contribution in [-0.4, -0.2) is 85.4 Å². The Morgan fingerprint density at radius 3 is 2.83 bits per heavy atom. The number of amides is 1. The summed E-state index contributed by atoms with van der Waals surface area (Å²) < 4.78 is 7.51. The third kappa shape index (κ3) is 5.73. The Morgan fingerprint density at radius 1 is 1.33 bits per heavy atom. The quantitative estimate of drug-likeness (QED) is 0.534. The van der Waals surface area contributed by atoms with E-state index in [1.165, 1.54) is 0 Å². The maximum Gasteiger partial charge on any atom is 0.246 e. The van der Waals surface area contributed by atoms with Crippen LogP contribution in [0.1, 0.15) is 5.56 Å². The topological polar surface area (TPSA) is 78.2 Å². The minimum Gasteiger partial charge on any atom is -0.492 e. The maximum atomic E-state index is 12.6. The molecule has 0 saturated carbocycles. The third-order valence-corrected chi connectivity index (χ3v) is 4.89. The molecule has 0 spiro atoms. The number of carbonyl (C=O) groups is 1. The largest absolute Gasteiger partial charge is 0.492 e. The third-order valence-electron chi connectivity index (χ3n) is 4.89. The first-order valence-electron chi connectivity index (χ1n) is 10.1. The van der Waals surface area contributed by atoms with Gasteiger partial charge < -0.3 is 24.8 Å². The number of piperazine rings is 1. The van der Waals surface area contributed by atoms with Gasteiger partial charge in [0, 0.05) is 46.5 Å². The van der Waals surface area contributed by atoms with Crippen molar-refractivity contribution in [3.8, 4) is 5.75 Å². The first-order chi connectivity index (χ1) is 14.5. The van der Waals surface area contributed by atoms with E-state index in [2.05, 4.69) is 20.3 Å². The summed E-state index contributed by atoms with van der Waals surface area (Å²) in [6.45, 7) is 3.70. The van der Waals surface area contributed by atoms with E-state index in [0.29, 0.717) is 32.2 Å². The van der Waals surface area contributed by atoms with Crippen molar-refractivity contribution < 1.29 is 9.53 Å². The van der Waals surface area contributed by atoms with Crippen LogP contribution < -0.4 is 15.0 Å². The second-order valence-corrected chi connectivity index (χ2v) is 7.54. The lowest BCUT2D eigenvalue weighted by Gasteiger charge is -2.35. The highest BCUT2D eigenvalue weighted by Crippen LogP contribution is 2.16. The highest BCUT2D eigenvalue weighted by Gasteiger charge is 2.27. The molecule has 0 bridgehead atoms. The number of likely N-dealkylation sites (N-methyl/N-ethyl adjacent to an activating group) is 1. The van der Waals surface area contributed by atoms with Crippen molar-refractivity contribution in [3.05, 3.63) is 42.2 Å². The molecule has 1 saturated heterocycles. The number of nitrogens with zero attached hydrogens (tertiary/aromatic N) is 6. The molecule has 3 rings (SSSR count). The Hall–Kier alpha value is -3.07. The van der Waals surface area contributed by atoms with E-state index in [1.807, 2.05) is 56.5 Å². The summed E-state index contributed by atoms with van der Waals surface area (Å²) >= 11 is 0. The molecule has 2 aromatic rings. The Balaban J connectivity index is 1.53. The molecule has 1 aromatic carbocycles. The van der Waals surface area contributed by atoms with Gasteiger partial charge in [0.1, 0.15) is 18.9 Å². The number of benzene rings is 1. The van der Waals surface area contributed by atoms with E-state index in [4.69, 9.17) is 4.74 Å². The minimum atomic E-state index is 0.0356. The predicted octanol–water partition coefficient (Wildman–Crippen LogP) is 0.785. The van der Waals surface area contributed by atoms with Gasteiger partial charge in [0.2, 0.25) is 5.91 Å². The molecule has 1 fully saturated rings. The number of anilines is 1. The van der Waals surface area contributed by atoms with Gasteiger partial charge >= 0.3 is 0 Å². The number of aromatic nitrogens is 2. The average molecular weight is 414 g/mol. The molecule has 0 atom stereocenters. The van der Waals surface area contributed by atoms with E-state index in [-0.39, 0.29) is 12.5 Å². The van der Waals surface area contributed by atoms with Crippen molar-refractivity contribution in [2.24, 2.45) is 12.0 Å². The molecule has 30 heavy (non-hydrogen) atoms. The van der Waals surface area contributed by atoms with Crippen LogP contribution in [0.25, 0.3) is 0 Å². The molecule has 1 amide bonds. The Morgan fingerprint density at radius 2 is 2.17 bits per heavy atom. The van der Waals surface area contributed by atoms with Crippen molar-refractivity contribution in [2.75, 3.05) is 58.8 Å². The molecule has 162 valence electrons. The molecule has 0 radical (unpaired) electrons. The number of nitrogens with one attached hydrogen (secondary N) is 1. The van der Waals surface area contributed by atoms with Crippen LogP contribution in [-0.2, 0) is 18.4 Å². The second-order valence-electron chi connectivity index (χ2n) is 7.54. The molecule has 1 aliphatic heterocycles. The van der Waals surface area contributed by atoms with E-state index < -0.39 is 0 Å². The van der Waals surface area contributed by atoms with Gasteiger partial charge in [0.05, 0.1) is 11.9 Å². The van der Waals surface area contributed by atoms with E-state index in [9.17, 15) is 4.79 Å². The first-order valence-corrected chi connectivity index (χ1v) is 10.1. The Labute approximate surface area is 177 Å². The van der Waals surface area contributed by atoms with Crippen molar-refractivity contribution in [2.45, 2.75) is 6.54 Å². The number of aryl methyl sites for hydroxylation is 1. The molecule has 2 heterocycles. The van der Waals surface area contributed by atoms with Gasteiger partial charge in [-0.2, -0.15) is 5.10 Å². The molecule has 1 aromatic heterocycles. The Kier molecular flexibility index (Phi) is 7.29. The van der Waals surface area contributed by atoms with Crippen LogP contribution in [0.3, 0.4) is 0 Å². The predicted molar refractivity (Wildman–Crippen MR) is 118 cm³/mol. The van der Waals surface area contributed by atoms with Gasteiger partial charge in [-0.25, -0.2) is 0 Å². The molecule has 0 unspecified atom stereocenters. The summed E-state index contributed by atoms with van der Waals surface area (Å²) in [6.07, 6.45) is 3.57. The summed E-state index contributed by atoms with van der Waals surface area (Å²) in [7, 11) is 7.63. The molecule has 9 nitrogen and oxygen atoms in total. The summed E-state index contributed by atoms with van der Waals surface area (Å²) in [6, 6.07) is 8.03. The summed E-state index contributed by atoms with van der Waals surface area (Å²) in [4.78, 5) is 22.8. The lowest BCUT2D eigenvalue weighted by Crippen LogP contribution is -2.55. The molecular weight excluding hydrogens is 382 g/mol. The smallest absolute Gasteiger partial charge is 0.246 e. The number of hydrogen-bond acceptors (Lipinski definition) is 5. The van der Waals surface area contributed by atoms with Gasteiger partial charge in [-0.15, -0.1) is 0 Å². The molecular formula is C21H31N7O2. The SMILES string of the molecule is CN=C(NCc1cccc(OCCN(C)C)c1)N1CCN(c2cnn(C)c2)C(=O)C1. The summed E-state index contributed by atoms with van der Waals surface area (Å²) in [5.41, 5.74) is 1.93. The van der Waals surface area contributed by atoms with Gasteiger partial charge in [-0.05, 0) is 31.8 Å². The Bertz CT molecular complexity index is 878. The van der Waals surface area contributed by atoms with Crippen molar-refractivity contribution in [3.63, 3.8) is 0 Å². The highest BCUT2D eigenvalue weighted by molar-refractivity contribution is 5.98. The normalized spacial score (nSPS) is 15.1. The molecule has 1 N–H and O–H groups in total. The zero-order valence-electron chi connectivity index (χ0n) is 18.2. The number of ether oxygens (including phenoxy) is 1. The monoisotopic (exact) mass is 413 g/mol. The number of carbonyl (C=O) groups excluding carboxylic acids is 1. The summed E-state index contributed by atoms with van der Waals surface area (Å²) in [5.74, 6) is 1.60. The molecule has 0 aliphatic carbocycles. The van der Waals surface area contributed by atoms with Crippen LogP contribution >= 0.6 is 0 Å². The number of rotatable bonds is 7. The van der Waals surface area contributed by atoms with E-state index in [0.717, 1.165) is 23.5 Å². The van der Waals surface area contributed by atoms with Crippen LogP contribution in [0.5, 0.6) is 5.75 Å². The second kappa shape index (κ2) is 10.1. The van der Waals surface area contributed by atoms with Crippen LogP contribution in [0.15, 0.2) is 41.7 Å². The van der Waals surface area contributed by atoms with E-state index >= 15 is 0 Å².